The molecule has 0 radical (unpaired) electrons. The summed E-state index contributed by atoms with van der Waals surface area (Å²) in [5.41, 5.74) is 1.38. The standard InChI is InChI=1S/C13H18N2S2/c1-4-11(13-14-6-8-17-13)15-10(3)12-9(2)5-7-16-12/h5-8,10-11,15H,4H2,1-3H3. The SMILES string of the molecule is CCC(NC(C)c1sccc1C)c1nccs1. The molecule has 0 aliphatic heterocycles. The average molecular weight is 266 g/mol. The molecule has 2 unspecified atom stereocenters. The molecule has 2 aromatic rings. The number of aromatic nitrogens is 1. The predicted octanol–water partition coefficient (Wildman–Crippen LogP) is 4.31. The lowest BCUT2D eigenvalue weighted by molar-refractivity contribution is 0.458. The fraction of sp³-hybridized carbons (Fsp3) is 0.462. The Morgan fingerprint density at radius 1 is 1.35 bits per heavy atom. The number of aryl methyl sites for hydroxylation is 1. The number of nitrogens with one attached hydrogen (secondary N) is 1. The van der Waals surface area contributed by atoms with E-state index in [4.69, 9.17) is 0 Å². The Hall–Kier alpha value is -0.710. The van der Waals surface area contributed by atoms with Crippen LogP contribution in [0.3, 0.4) is 0 Å². The van der Waals surface area contributed by atoms with Gasteiger partial charge in [0.05, 0.1) is 6.04 Å². The van der Waals surface area contributed by atoms with Gasteiger partial charge in [-0.2, -0.15) is 0 Å². The molecular formula is C13H18N2S2. The minimum absolute atomic E-state index is 0.367. The quantitative estimate of drug-likeness (QED) is 0.872. The van der Waals surface area contributed by atoms with Gasteiger partial charge in [-0.1, -0.05) is 6.92 Å². The van der Waals surface area contributed by atoms with E-state index < -0.39 is 0 Å². The third-order valence-electron chi connectivity index (χ3n) is 2.90. The molecule has 2 nitrogen and oxygen atoms in total. The van der Waals surface area contributed by atoms with Gasteiger partial charge in [0.2, 0.25) is 0 Å². The van der Waals surface area contributed by atoms with E-state index in [1.165, 1.54) is 15.4 Å². The third-order valence-corrected chi connectivity index (χ3v) is 4.99. The largest absolute Gasteiger partial charge is 0.300 e. The van der Waals surface area contributed by atoms with Crippen LogP contribution in [-0.4, -0.2) is 4.98 Å². The van der Waals surface area contributed by atoms with Gasteiger partial charge in [0.15, 0.2) is 0 Å². The van der Waals surface area contributed by atoms with Crippen molar-refractivity contribution in [1.29, 1.82) is 0 Å². The molecule has 0 spiro atoms. The molecule has 0 saturated carbocycles. The lowest BCUT2D eigenvalue weighted by Crippen LogP contribution is -2.23. The van der Waals surface area contributed by atoms with E-state index >= 15 is 0 Å². The van der Waals surface area contributed by atoms with Crippen molar-refractivity contribution in [1.82, 2.24) is 10.3 Å². The van der Waals surface area contributed by atoms with Gasteiger partial charge < -0.3 is 5.32 Å². The van der Waals surface area contributed by atoms with Crippen molar-refractivity contribution in [2.24, 2.45) is 0 Å². The van der Waals surface area contributed by atoms with E-state index in [1.54, 1.807) is 11.3 Å². The molecule has 0 saturated heterocycles. The van der Waals surface area contributed by atoms with Gasteiger partial charge in [0.25, 0.3) is 0 Å². The summed E-state index contributed by atoms with van der Waals surface area (Å²) in [6.45, 7) is 6.61. The van der Waals surface area contributed by atoms with E-state index in [9.17, 15) is 0 Å². The maximum Gasteiger partial charge on any atom is 0.109 e. The van der Waals surface area contributed by atoms with Crippen LogP contribution in [0, 0.1) is 6.92 Å². The fourth-order valence-corrected chi connectivity index (χ4v) is 3.70. The molecule has 0 amide bonds. The first-order valence-electron chi connectivity index (χ1n) is 5.91. The molecule has 1 N–H and O–H groups in total. The topological polar surface area (TPSA) is 24.9 Å². The Labute approximate surface area is 111 Å². The van der Waals surface area contributed by atoms with Crippen LogP contribution < -0.4 is 5.32 Å². The number of hydrogen-bond donors (Lipinski definition) is 1. The van der Waals surface area contributed by atoms with Crippen molar-refractivity contribution < 1.29 is 0 Å². The van der Waals surface area contributed by atoms with E-state index in [1.807, 2.05) is 22.9 Å². The van der Waals surface area contributed by atoms with Gasteiger partial charge in [-0.3, -0.25) is 0 Å². The molecule has 0 aliphatic carbocycles. The van der Waals surface area contributed by atoms with Crippen LogP contribution in [0.2, 0.25) is 0 Å². The van der Waals surface area contributed by atoms with Crippen LogP contribution in [0.15, 0.2) is 23.0 Å². The number of thiophene rings is 1. The van der Waals surface area contributed by atoms with E-state index in [0.717, 1.165) is 6.42 Å². The molecule has 0 aliphatic rings. The highest BCUT2D eigenvalue weighted by atomic mass is 32.1. The van der Waals surface area contributed by atoms with Crippen LogP contribution in [0.1, 0.15) is 47.8 Å². The maximum absolute atomic E-state index is 4.40. The smallest absolute Gasteiger partial charge is 0.109 e. The van der Waals surface area contributed by atoms with Gasteiger partial charge in [0, 0.05) is 22.5 Å². The van der Waals surface area contributed by atoms with E-state index in [-0.39, 0.29) is 0 Å². The van der Waals surface area contributed by atoms with Crippen LogP contribution in [0.25, 0.3) is 0 Å². The molecule has 0 bridgehead atoms. The molecule has 17 heavy (non-hydrogen) atoms. The van der Waals surface area contributed by atoms with E-state index in [2.05, 4.69) is 42.5 Å². The third kappa shape index (κ3) is 2.94. The highest BCUT2D eigenvalue weighted by Gasteiger charge is 2.17. The summed E-state index contributed by atoms with van der Waals surface area (Å²) < 4.78 is 0. The number of thiazole rings is 1. The summed E-state index contributed by atoms with van der Waals surface area (Å²) in [4.78, 5) is 5.83. The minimum atomic E-state index is 0.367. The average Bonchev–Trinajstić information content (AvgIpc) is 2.96. The second-order valence-electron chi connectivity index (χ2n) is 4.19. The zero-order valence-corrected chi connectivity index (χ0v) is 12.1. The fourth-order valence-electron chi connectivity index (χ4n) is 1.98. The second kappa shape index (κ2) is 5.76. The summed E-state index contributed by atoms with van der Waals surface area (Å²) in [6, 6.07) is 2.94. The van der Waals surface area contributed by atoms with Crippen molar-refractivity contribution >= 4 is 22.7 Å². The summed E-state index contributed by atoms with van der Waals surface area (Å²) in [5.74, 6) is 0. The molecule has 0 aromatic carbocycles. The van der Waals surface area contributed by atoms with Crippen LogP contribution >= 0.6 is 22.7 Å². The van der Waals surface area contributed by atoms with Gasteiger partial charge in [-0.15, -0.1) is 22.7 Å². The zero-order valence-electron chi connectivity index (χ0n) is 10.4. The van der Waals surface area contributed by atoms with Crippen LogP contribution in [-0.2, 0) is 0 Å². The lowest BCUT2D eigenvalue weighted by Gasteiger charge is -2.20. The summed E-state index contributed by atoms with van der Waals surface area (Å²) >= 11 is 3.56. The maximum atomic E-state index is 4.40. The summed E-state index contributed by atoms with van der Waals surface area (Å²) in [5, 5.41) is 9.06. The molecule has 0 fully saturated rings. The number of nitrogens with zero attached hydrogens (tertiary/aromatic N) is 1. The highest BCUT2D eigenvalue weighted by molar-refractivity contribution is 7.10. The molecule has 2 heterocycles. The Morgan fingerprint density at radius 3 is 2.71 bits per heavy atom. The highest BCUT2D eigenvalue weighted by Crippen LogP contribution is 2.28. The Bertz CT molecular complexity index is 448. The van der Waals surface area contributed by atoms with Crippen molar-refractivity contribution in [2.75, 3.05) is 0 Å². The molecule has 4 heteroatoms. The Kier molecular flexibility index (Phi) is 4.31. The normalized spacial score (nSPS) is 14.8. The van der Waals surface area contributed by atoms with Gasteiger partial charge in [-0.05, 0) is 37.3 Å². The first-order valence-corrected chi connectivity index (χ1v) is 7.67. The molecule has 92 valence electrons. The van der Waals surface area contributed by atoms with E-state index in [0.29, 0.717) is 12.1 Å². The number of rotatable bonds is 5. The predicted molar refractivity (Wildman–Crippen MR) is 75.8 cm³/mol. The van der Waals surface area contributed by atoms with Crippen LogP contribution in [0.4, 0.5) is 0 Å². The molecular weight excluding hydrogens is 248 g/mol. The van der Waals surface area contributed by atoms with Crippen molar-refractivity contribution in [3.05, 3.63) is 38.5 Å². The van der Waals surface area contributed by atoms with Gasteiger partial charge in [-0.25, -0.2) is 4.98 Å². The Morgan fingerprint density at radius 2 is 2.18 bits per heavy atom. The first-order chi connectivity index (χ1) is 8.22. The molecule has 2 rings (SSSR count). The lowest BCUT2D eigenvalue weighted by atomic mass is 10.1. The summed E-state index contributed by atoms with van der Waals surface area (Å²) in [7, 11) is 0. The van der Waals surface area contributed by atoms with Crippen molar-refractivity contribution in [3.8, 4) is 0 Å². The second-order valence-corrected chi connectivity index (χ2v) is 6.06. The molecule has 2 atom stereocenters. The van der Waals surface area contributed by atoms with Gasteiger partial charge >= 0.3 is 0 Å². The zero-order chi connectivity index (χ0) is 12.3. The minimum Gasteiger partial charge on any atom is -0.300 e. The van der Waals surface area contributed by atoms with Crippen molar-refractivity contribution in [2.45, 2.75) is 39.3 Å². The van der Waals surface area contributed by atoms with Crippen molar-refractivity contribution in [3.63, 3.8) is 0 Å². The van der Waals surface area contributed by atoms with Gasteiger partial charge in [0.1, 0.15) is 5.01 Å². The molecule has 2 aromatic heterocycles. The monoisotopic (exact) mass is 266 g/mol. The number of hydrogen-bond acceptors (Lipinski definition) is 4. The summed E-state index contributed by atoms with van der Waals surface area (Å²) in [6.07, 6.45) is 2.95. The van der Waals surface area contributed by atoms with Crippen LogP contribution in [0.5, 0.6) is 0 Å². The first kappa shape index (κ1) is 12.7. The Balaban J connectivity index is 2.07.